The molecule has 5 heteroatoms. The molecule has 1 N–H and O–H groups in total. The van der Waals surface area contributed by atoms with Gasteiger partial charge in [-0.25, -0.2) is 4.79 Å². The van der Waals surface area contributed by atoms with Gasteiger partial charge in [0.2, 0.25) is 0 Å². The van der Waals surface area contributed by atoms with E-state index < -0.39 is 11.9 Å². The number of hydrogen-bond donors (Lipinski definition) is 1. The van der Waals surface area contributed by atoms with E-state index >= 15 is 0 Å². The third kappa shape index (κ3) is 2.81. The van der Waals surface area contributed by atoms with E-state index in [1.807, 2.05) is 0 Å². The number of benzene rings is 2. The molecular formula is C15H11ClO4. The van der Waals surface area contributed by atoms with Gasteiger partial charge in [0.1, 0.15) is 5.75 Å². The van der Waals surface area contributed by atoms with Crippen LogP contribution in [0.15, 0.2) is 43.0 Å². The lowest BCUT2D eigenvalue weighted by molar-refractivity contribution is -0.133. The van der Waals surface area contributed by atoms with Crippen molar-refractivity contribution in [3.05, 3.63) is 53.6 Å². The van der Waals surface area contributed by atoms with Gasteiger partial charge in [-0.05, 0) is 29.7 Å². The van der Waals surface area contributed by atoms with Gasteiger partial charge in [-0.2, -0.15) is 0 Å². The molecule has 0 aromatic heterocycles. The molecule has 102 valence electrons. The van der Waals surface area contributed by atoms with Crippen molar-refractivity contribution in [2.45, 2.75) is 6.42 Å². The molecule has 2 aromatic carbocycles. The summed E-state index contributed by atoms with van der Waals surface area (Å²) in [6.45, 7) is 3.46. The highest BCUT2D eigenvalue weighted by atomic mass is 35.5. The fourth-order valence-electron chi connectivity index (χ4n) is 1.79. The van der Waals surface area contributed by atoms with Crippen LogP contribution in [0.25, 0.3) is 10.8 Å². The van der Waals surface area contributed by atoms with Gasteiger partial charge in [-0.15, -0.1) is 6.58 Å². The summed E-state index contributed by atoms with van der Waals surface area (Å²) in [6.07, 6.45) is 1.58. The number of carbonyl (C=O) groups is 2. The summed E-state index contributed by atoms with van der Waals surface area (Å²) in [5, 5.41) is 10.5. The minimum atomic E-state index is -1.08. The average Bonchev–Trinajstić information content (AvgIpc) is 2.38. The van der Waals surface area contributed by atoms with Crippen molar-refractivity contribution in [3.8, 4) is 5.75 Å². The minimum Gasteiger partial charge on any atom is -0.478 e. The van der Waals surface area contributed by atoms with Crippen molar-refractivity contribution in [3.63, 3.8) is 0 Å². The Balaban J connectivity index is 2.41. The first-order valence-electron chi connectivity index (χ1n) is 5.80. The van der Waals surface area contributed by atoms with E-state index in [9.17, 15) is 9.59 Å². The first-order chi connectivity index (χ1) is 9.52. The van der Waals surface area contributed by atoms with Crippen LogP contribution in [0, 0.1) is 0 Å². The molecule has 0 unspecified atom stereocenters. The number of carboxylic acids is 1. The van der Waals surface area contributed by atoms with Crippen LogP contribution in [0.1, 0.15) is 16.8 Å². The lowest BCUT2D eigenvalue weighted by Gasteiger charge is -2.07. The zero-order chi connectivity index (χ0) is 14.7. The van der Waals surface area contributed by atoms with Crippen molar-refractivity contribution >= 4 is 34.3 Å². The van der Waals surface area contributed by atoms with E-state index in [0.29, 0.717) is 16.5 Å². The maximum Gasteiger partial charge on any atom is 0.337 e. The van der Waals surface area contributed by atoms with Crippen molar-refractivity contribution in [1.82, 2.24) is 0 Å². The number of fused-ring (bicyclic) bond motifs is 1. The zero-order valence-electron chi connectivity index (χ0n) is 10.4. The first kappa shape index (κ1) is 14.1. The number of esters is 1. The molecule has 0 spiro atoms. The number of aromatic carboxylic acids is 1. The van der Waals surface area contributed by atoms with E-state index in [4.69, 9.17) is 21.4 Å². The summed E-state index contributed by atoms with van der Waals surface area (Å²) < 4.78 is 5.11. The maximum atomic E-state index is 11.4. The van der Waals surface area contributed by atoms with Crippen LogP contribution in [-0.2, 0) is 4.79 Å². The third-order valence-corrected chi connectivity index (χ3v) is 3.11. The normalized spacial score (nSPS) is 10.2. The van der Waals surface area contributed by atoms with Gasteiger partial charge in [-0.3, -0.25) is 4.79 Å². The largest absolute Gasteiger partial charge is 0.478 e. The van der Waals surface area contributed by atoms with Gasteiger partial charge >= 0.3 is 11.9 Å². The molecule has 2 aromatic rings. The molecule has 0 saturated heterocycles. The fraction of sp³-hybridized carbons (Fsp3) is 0.0667. The topological polar surface area (TPSA) is 63.6 Å². The monoisotopic (exact) mass is 290 g/mol. The molecule has 0 bridgehead atoms. The Morgan fingerprint density at radius 2 is 2.05 bits per heavy atom. The van der Waals surface area contributed by atoms with Crippen molar-refractivity contribution in [1.29, 1.82) is 0 Å². The number of halogens is 1. The Hall–Kier alpha value is -2.33. The number of carbonyl (C=O) groups excluding carboxylic acids is 1. The summed E-state index contributed by atoms with van der Waals surface area (Å²) in [5.41, 5.74) is 0.0376. The molecule has 0 radical (unpaired) electrons. The Labute approximate surface area is 120 Å². The van der Waals surface area contributed by atoms with E-state index in [0.717, 1.165) is 0 Å². The molecule has 2 rings (SSSR count). The molecule has 0 aliphatic rings. The Kier molecular flexibility index (Phi) is 4.05. The number of rotatable bonds is 4. The highest BCUT2D eigenvalue weighted by Gasteiger charge is 2.12. The summed E-state index contributed by atoms with van der Waals surface area (Å²) in [4.78, 5) is 22.3. The van der Waals surface area contributed by atoms with Gasteiger partial charge in [0, 0.05) is 5.39 Å². The fourth-order valence-corrected chi connectivity index (χ4v) is 2.11. The Morgan fingerprint density at radius 1 is 1.30 bits per heavy atom. The van der Waals surface area contributed by atoms with Gasteiger partial charge in [0.25, 0.3) is 0 Å². The summed E-state index contributed by atoms with van der Waals surface area (Å²) >= 11 is 6.04. The molecule has 0 atom stereocenters. The van der Waals surface area contributed by atoms with E-state index in [-0.39, 0.29) is 17.0 Å². The number of carboxylic acid groups (broad SMARTS) is 1. The quantitative estimate of drug-likeness (QED) is 0.530. The van der Waals surface area contributed by atoms with E-state index in [1.54, 1.807) is 24.3 Å². The van der Waals surface area contributed by atoms with Crippen molar-refractivity contribution in [2.24, 2.45) is 0 Å². The number of ether oxygens (including phenoxy) is 1. The molecular weight excluding hydrogens is 280 g/mol. The molecule has 0 aliphatic carbocycles. The predicted molar refractivity (Wildman–Crippen MR) is 76.4 cm³/mol. The maximum absolute atomic E-state index is 11.4. The Morgan fingerprint density at radius 3 is 2.70 bits per heavy atom. The van der Waals surface area contributed by atoms with Crippen LogP contribution in [0.3, 0.4) is 0 Å². The van der Waals surface area contributed by atoms with Gasteiger partial charge in [0.15, 0.2) is 0 Å². The lowest BCUT2D eigenvalue weighted by atomic mass is 10.1. The molecule has 0 saturated carbocycles. The van der Waals surface area contributed by atoms with Crippen LogP contribution in [0.4, 0.5) is 0 Å². The van der Waals surface area contributed by atoms with Gasteiger partial charge in [-0.1, -0.05) is 23.7 Å². The highest BCUT2D eigenvalue weighted by molar-refractivity contribution is 6.38. The van der Waals surface area contributed by atoms with Crippen LogP contribution >= 0.6 is 11.6 Å². The standard InChI is InChI=1S/C15H11ClO4/c1-2-3-13(17)20-10-5-7-11-9(8-10)4-6-12(14(11)16)15(18)19/h2,4-8H,1,3H2,(H,18,19). The second-order valence-electron chi connectivity index (χ2n) is 4.08. The average molecular weight is 291 g/mol. The molecule has 0 amide bonds. The smallest absolute Gasteiger partial charge is 0.337 e. The Bertz CT molecular complexity index is 706. The van der Waals surface area contributed by atoms with Crippen molar-refractivity contribution in [2.75, 3.05) is 0 Å². The zero-order valence-corrected chi connectivity index (χ0v) is 11.2. The summed E-state index contributed by atoms with van der Waals surface area (Å²) in [6, 6.07) is 7.87. The second-order valence-corrected chi connectivity index (χ2v) is 4.46. The summed E-state index contributed by atoms with van der Waals surface area (Å²) in [7, 11) is 0. The van der Waals surface area contributed by atoms with Crippen LogP contribution in [0.5, 0.6) is 5.75 Å². The SMILES string of the molecule is C=CCC(=O)Oc1ccc2c(Cl)c(C(=O)O)ccc2c1. The predicted octanol–water partition coefficient (Wildman–Crippen LogP) is 3.67. The highest BCUT2D eigenvalue weighted by Crippen LogP contribution is 2.30. The van der Waals surface area contributed by atoms with Crippen molar-refractivity contribution < 1.29 is 19.4 Å². The number of hydrogen-bond acceptors (Lipinski definition) is 3. The van der Waals surface area contributed by atoms with E-state index in [1.165, 1.54) is 12.1 Å². The van der Waals surface area contributed by atoms with Crippen LogP contribution in [0.2, 0.25) is 5.02 Å². The van der Waals surface area contributed by atoms with Crippen LogP contribution < -0.4 is 4.74 Å². The molecule has 20 heavy (non-hydrogen) atoms. The van der Waals surface area contributed by atoms with Gasteiger partial charge < -0.3 is 9.84 Å². The second kappa shape index (κ2) is 5.75. The minimum absolute atomic E-state index is 0.0376. The summed E-state index contributed by atoms with van der Waals surface area (Å²) in [5.74, 6) is -1.12. The lowest BCUT2D eigenvalue weighted by Crippen LogP contribution is -2.05. The van der Waals surface area contributed by atoms with Crippen LogP contribution in [-0.4, -0.2) is 17.0 Å². The molecule has 4 nitrogen and oxygen atoms in total. The molecule has 0 aliphatic heterocycles. The third-order valence-electron chi connectivity index (χ3n) is 2.70. The van der Waals surface area contributed by atoms with Gasteiger partial charge in [0.05, 0.1) is 17.0 Å². The van der Waals surface area contributed by atoms with E-state index in [2.05, 4.69) is 6.58 Å². The first-order valence-corrected chi connectivity index (χ1v) is 6.18. The molecule has 0 heterocycles. The molecule has 0 fully saturated rings.